The summed E-state index contributed by atoms with van der Waals surface area (Å²) in [6.07, 6.45) is 1.91. The molecule has 0 atom stereocenters. The number of hydrogen-bond acceptors (Lipinski definition) is 3. The number of nitrogens with zero attached hydrogens (tertiary/aromatic N) is 1. The van der Waals surface area contributed by atoms with Gasteiger partial charge in [-0.3, -0.25) is 4.79 Å². The van der Waals surface area contributed by atoms with Crippen LogP contribution in [0.4, 0.5) is 0 Å². The van der Waals surface area contributed by atoms with E-state index in [1.54, 1.807) is 0 Å². The average molecular weight is 247 g/mol. The normalized spacial score (nSPS) is 20.6. The molecule has 0 N–H and O–H groups in total. The molecule has 1 aromatic carbocycles. The van der Waals surface area contributed by atoms with Crippen molar-refractivity contribution in [2.24, 2.45) is 0 Å². The molecule has 2 fully saturated rings. The van der Waals surface area contributed by atoms with Crippen LogP contribution in [-0.2, 0) is 9.47 Å². The Labute approximate surface area is 106 Å². The highest BCUT2D eigenvalue weighted by molar-refractivity contribution is 5.94. The monoisotopic (exact) mass is 247 g/mol. The Hall–Kier alpha value is -1.39. The van der Waals surface area contributed by atoms with Crippen LogP contribution in [-0.4, -0.2) is 37.1 Å². The lowest BCUT2D eigenvalue weighted by Crippen LogP contribution is -2.27. The van der Waals surface area contributed by atoms with Crippen LogP contribution in [0.2, 0.25) is 0 Å². The van der Waals surface area contributed by atoms with Crippen LogP contribution in [0.15, 0.2) is 24.3 Å². The number of hydrogen-bond donors (Lipinski definition) is 0. The first-order valence-electron chi connectivity index (χ1n) is 6.47. The van der Waals surface area contributed by atoms with Gasteiger partial charge in [0.25, 0.3) is 5.91 Å². The molecule has 2 heterocycles. The van der Waals surface area contributed by atoms with Crippen molar-refractivity contribution in [3.63, 3.8) is 0 Å². The fraction of sp³-hybridized carbons (Fsp3) is 0.500. The fourth-order valence-electron chi connectivity index (χ4n) is 2.47. The standard InChI is InChI=1S/C14H17NO3/c16-13(15-6-1-2-7-15)11-4-3-5-12(10-11)14-17-8-9-18-14/h3-5,10,14H,1-2,6-9H2. The predicted octanol–water partition coefficient (Wildman–Crippen LogP) is 1.97. The molecular formula is C14H17NO3. The molecule has 4 heteroatoms. The van der Waals surface area contributed by atoms with E-state index in [1.165, 1.54) is 0 Å². The molecule has 18 heavy (non-hydrogen) atoms. The van der Waals surface area contributed by atoms with E-state index in [0.29, 0.717) is 13.2 Å². The molecule has 0 aliphatic carbocycles. The maximum Gasteiger partial charge on any atom is 0.253 e. The fourth-order valence-corrected chi connectivity index (χ4v) is 2.47. The minimum absolute atomic E-state index is 0.118. The molecule has 0 spiro atoms. The lowest BCUT2D eigenvalue weighted by atomic mass is 10.1. The Morgan fingerprint density at radius 1 is 1.17 bits per heavy atom. The molecular weight excluding hydrogens is 230 g/mol. The van der Waals surface area contributed by atoms with Gasteiger partial charge in [0.2, 0.25) is 0 Å². The largest absolute Gasteiger partial charge is 0.346 e. The van der Waals surface area contributed by atoms with E-state index < -0.39 is 0 Å². The molecule has 0 bridgehead atoms. The van der Waals surface area contributed by atoms with Crippen LogP contribution in [0.3, 0.4) is 0 Å². The number of rotatable bonds is 2. The second-order valence-corrected chi connectivity index (χ2v) is 4.70. The van der Waals surface area contributed by atoms with Gasteiger partial charge < -0.3 is 14.4 Å². The minimum atomic E-state index is -0.309. The Bertz CT molecular complexity index is 434. The van der Waals surface area contributed by atoms with E-state index in [9.17, 15) is 4.79 Å². The van der Waals surface area contributed by atoms with E-state index in [-0.39, 0.29) is 12.2 Å². The summed E-state index contributed by atoms with van der Waals surface area (Å²) in [4.78, 5) is 14.2. The summed E-state index contributed by atoms with van der Waals surface area (Å²) in [6, 6.07) is 7.58. The molecule has 0 unspecified atom stereocenters. The number of amides is 1. The van der Waals surface area contributed by atoms with E-state index in [1.807, 2.05) is 29.2 Å². The van der Waals surface area contributed by atoms with E-state index in [2.05, 4.69) is 0 Å². The lowest BCUT2D eigenvalue weighted by Gasteiger charge is -2.16. The van der Waals surface area contributed by atoms with Crippen molar-refractivity contribution in [3.8, 4) is 0 Å². The average Bonchev–Trinajstić information content (AvgIpc) is 3.11. The van der Waals surface area contributed by atoms with Crippen LogP contribution in [0.5, 0.6) is 0 Å². The summed E-state index contributed by atoms with van der Waals surface area (Å²) in [6.45, 7) is 2.99. The minimum Gasteiger partial charge on any atom is -0.346 e. The van der Waals surface area contributed by atoms with Gasteiger partial charge in [-0.2, -0.15) is 0 Å². The van der Waals surface area contributed by atoms with Crippen LogP contribution in [0.25, 0.3) is 0 Å². The van der Waals surface area contributed by atoms with Gasteiger partial charge in [-0.15, -0.1) is 0 Å². The number of carbonyl (C=O) groups excluding carboxylic acids is 1. The smallest absolute Gasteiger partial charge is 0.253 e. The lowest BCUT2D eigenvalue weighted by molar-refractivity contribution is -0.0441. The molecule has 4 nitrogen and oxygen atoms in total. The third kappa shape index (κ3) is 2.26. The number of likely N-dealkylation sites (tertiary alicyclic amines) is 1. The van der Waals surface area contributed by atoms with Crippen LogP contribution >= 0.6 is 0 Å². The zero-order valence-electron chi connectivity index (χ0n) is 10.3. The molecule has 2 aliphatic rings. The second-order valence-electron chi connectivity index (χ2n) is 4.70. The quantitative estimate of drug-likeness (QED) is 0.802. The first-order chi connectivity index (χ1) is 8.84. The summed E-state index contributed by atoms with van der Waals surface area (Å²) in [5, 5.41) is 0. The van der Waals surface area contributed by atoms with Crippen LogP contribution in [0, 0.1) is 0 Å². The first kappa shape index (κ1) is 11.7. The maximum atomic E-state index is 12.3. The summed E-state index contributed by atoms with van der Waals surface area (Å²) in [5.41, 5.74) is 1.66. The molecule has 3 rings (SSSR count). The summed E-state index contributed by atoms with van der Waals surface area (Å²) < 4.78 is 10.9. The predicted molar refractivity (Wildman–Crippen MR) is 66.2 cm³/mol. The van der Waals surface area contributed by atoms with Gasteiger partial charge >= 0.3 is 0 Å². The molecule has 1 amide bonds. The summed E-state index contributed by atoms with van der Waals surface area (Å²) in [5.74, 6) is 0.118. The van der Waals surface area contributed by atoms with Crippen LogP contribution in [0.1, 0.15) is 35.1 Å². The Kier molecular flexibility index (Phi) is 3.30. The Balaban J connectivity index is 1.79. The number of benzene rings is 1. The van der Waals surface area contributed by atoms with Gasteiger partial charge in [0, 0.05) is 24.2 Å². The SMILES string of the molecule is O=C(c1cccc(C2OCCO2)c1)N1CCCC1. The van der Waals surface area contributed by atoms with Crippen molar-refractivity contribution >= 4 is 5.91 Å². The van der Waals surface area contributed by atoms with E-state index in [0.717, 1.165) is 37.1 Å². The van der Waals surface area contributed by atoms with Crippen molar-refractivity contribution in [3.05, 3.63) is 35.4 Å². The molecule has 1 aromatic rings. The Morgan fingerprint density at radius 2 is 1.89 bits per heavy atom. The van der Waals surface area contributed by atoms with Crippen molar-refractivity contribution in [2.45, 2.75) is 19.1 Å². The van der Waals surface area contributed by atoms with Gasteiger partial charge in [0.1, 0.15) is 0 Å². The molecule has 2 aliphatic heterocycles. The van der Waals surface area contributed by atoms with Gasteiger partial charge in [-0.1, -0.05) is 12.1 Å². The highest BCUT2D eigenvalue weighted by atomic mass is 16.7. The topological polar surface area (TPSA) is 38.8 Å². The first-order valence-corrected chi connectivity index (χ1v) is 6.47. The van der Waals surface area contributed by atoms with Crippen molar-refractivity contribution in [1.82, 2.24) is 4.90 Å². The summed E-state index contributed by atoms with van der Waals surface area (Å²) in [7, 11) is 0. The van der Waals surface area contributed by atoms with Crippen molar-refractivity contribution in [2.75, 3.05) is 26.3 Å². The zero-order chi connectivity index (χ0) is 12.4. The highest BCUT2D eigenvalue weighted by Crippen LogP contribution is 2.24. The third-order valence-corrected chi connectivity index (χ3v) is 3.42. The molecule has 0 aromatic heterocycles. The van der Waals surface area contributed by atoms with Crippen molar-refractivity contribution < 1.29 is 14.3 Å². The van der Waals surface area contributed by atoms with E-state index in [4.69, 9.17) is 9.47 Å². The summed E-state index contributed by atoms with van der Waals surface area (Å²) >= 11 is 0. The Morgan fingerprint density at radius 3 is 2.61 bits per heavy atom. The van der Waals surface area contributed by atoms with Crippen LogP contribution < -0.4 is 0 Å². The van der Waals surface area contributed by atoms with Gasteiger partial charge in [-0.05, 0) is 25.0 Å². The maximum absolute atomic E-state index is 12.3. The van der Waals surface area contributed by atoms with Gasteiger partial charge in [0.15, 0.2) is 6.29 Å². The van der Waals surface area contributed by atoms with Gasteiger partial charge in [-0.25, -0.2) is 0 Å². The van der Waals surface area contributed by atoms with E-state index >= 15 is 0 Å². The highest BCUT2D eigenvalue weighted by Gasteiger charge is 2.22. The third-order valence-electron chi connectivity index (χ3n) is 3.42. The molecule has 0 radical (unpaired) electrons. The second kappa shape index (κ2) is 5.08. The van der Waals surface area contributed by atoms with Gasteiger partial charge in [0.05, 0.1) is 13.2 Å². The molecule has 0 saturated carbocycles. The number of carbonyl (C=O) groups is 1. The molecule has 96 valence electrons. The number of ether oxygens (including phenoxy) is 2. The van der Waals surface area contributed by atoms with Crippen molar-refractivity contribution in [1.29, 1.82) is 0 Å². The molecule has 2 saturated heterocycles. The zero-order valence-corrected chi connectivity index (χ0v) is 10.3.